The smallest absolute Gasteiger partial charge is 0.111 e. The van der Waals surface area contributed by atoms with Crippen LogP contribution >= 0.6 is 0 Å². The third kappa shape index (κ3) is 5.11. The Hall–Kier alpha value is -1.44. The lowest BCUT2D eigenvalue weighted by molar-refractivity contribution is 0.235. The van der Waals surface area contributed by atoms with Crippen molar-refractivity contribution in [3.8, 4) is 0 Å². The SMILES string of the molecule is CC/C=C(O)\C=C/COC1=CC=CCC1. The predicted octanol–water partition coefficient (Wildman–Crippen LogP) is 3.65. The van der Waals surface area contributed by atoms with Crippen molar-refractivity contribution in [3.05, 3.63) is 48.0 Å². The molecule has 0 aromatic heterocycles. The van der Waals surface area contributed by atoms with Crippen LogP contribution in [0.2, 0.25) is 0 Å². The van der Waals surface area contributed by atoms with Gasteiger partial charge in [-0.25, -0.2) is 0 Å². The minimum Gasteiger partial charge on any atom is -0.508 e. The molecule has 1 N–H and O–H groups in total. The second-order valence-electron chi connectivity index (χ2n) is 3.35. The molecule has 0 radical (unpaired) electrons. The normalized spacial score (nSPS) is 16.9. The average molecular weight is 206 g/mol. The first kappa shape index (κ1) is 11.6. The first-order valence-corrected chi connectivity index (χ1v) is 5.37. The molecule has 0 heterocycles. The molecule has 2 nitrogen and oxygen atoms in total. The van der Waals surface area contributed by atoms with Crippen molar-refractivity contribution >= 4 is 0 Å². The number of aliphatic hydroxyl groups excluding tert-OH is 1. The third-order valence-corrected chi connectivity index (χ3v) is 2.04. The second-order valence-corrected chi connectivity index (χ2v) is 3.35. The van der Waals surface area contributed by atoms with E-state index in [1.807, 2.05) is 25.2 Å². The van der Waals surface area contributed by atoms with Gasteiger partial charge in [-0.1, -0.05) is 19.1 Å². The summed E-state index contributed by atoms with van der Waals surface area (Å²) < 4.78 is 5.50. The third-order valence-electron chi connectivity index (χ3n) is 2.04. The lowest BCUT2D eigenvalue weighted by atomic mass is 10.2. The summed E-state index contributed by atoms with van der Waals surface area (Å²) in [5.74, 6) is 1.32. The molecule has 0 saturated carbocycles. The molecule has 0 atom stereocenters. The summed E-state index contributed by atoms with van der Waals surface area (Å²) in [6.07, 6.45) is 14.2. The maximum absolute atomic E-state index is 9.28. The van der Waals surface area contributed by atoms with Gasteiger partial charge in [0.15, 0.2) is 0 Å². The number of rotatable bonds is 5. The molecule has 0 aromatic carbocycles. The molecule has 0 aromatic rings. The highest BCUT2D eigenvalue weighted by atomic mass is 16.5. The molecule has 0 unspecified atom stereocenters. The van der Waals surface area contributed by atoms with Crippen LogP contribution in [0.3, 0.4) is 0 Å². The van der Waals surface area contributed by atoms with Crippen LogP contribution < -0.4 is 0 Å². The second kappa shape index (κ2) is 6.93. The summed E-state index contributed by atoms with van der Waals surface area (Å²) in [5.41, 5.74) is 0. The van der Waals surface area contributed by atoms with Gasteiger partial charge >= 0.3 is 0 Å². The fourth-order valence-corrected chi connectivity index (χ4v) is 1.30. The summed E-state index contributed by atoms with van der Waals surface area (Å²) in [4.78, 5) is 0. The van der Waals surface area contributed by atoms with E-state index in [0.717, 1.165) is 25.0 Å². The maximum Gasteiger partial charge on any atom is 0.111 e. The van der Waals surface area contributed by atoms with Gasteiger partial charge < -0.3 is 9.84 Å². The van der Waals surface area contributed by atoms with E-state index < -0.39 is 0 Å². The van der Waals surface area contributed by atoms with E-state index in [1.54, 1.807) is 12.2 Å². The van der Waals surface area contributed by atoms with Gasteiger partial charge in [0.1, 0.15) is 12.4 Å². The molecule has 0 amide bonds. The molecule has 0 bridgehead atoms. The number of hydrogen-bond donors (Lipinski definition) is 1. The highest BCUT2D eigenvalue weighted by molar-refractivity contribution is 5.14. The van der Waals surface area contributed by atoms with Crippen molar-refractivity contribution in [1.29, 1.82) is 0 Å². The minimum atomic E-state index is 0.304. The highest BCUT2D eigenvalue weighted by Gasteiger charge is 1.98. The molecule has 1 aliphatic rings. The highest BCUT2D eigenvalue weighted by Crippen LogP contribution is 2.12. The Morgan fingerprint density at radius 2 is 2.47 bits per heavy atom. The van der Waals surface area contributed by atoms with Crippen LogP contribution in [0.1, 0.15) is 26.2 Å². The van der Waals surface area contributed by atoms with E-state index in [9.17, 15) is 5.11 Å². The molecule has 0 aliphatic heterocycles. The minimum absolute atomic E-state index is 0.304. The Labute approximate surface area is 91.3 Å². The molecular formula is C13H18O2. The van der Waals surface area contributed by atoms with Crippen molar-refractivity contribution in [3.63, 3.8) is 0 Å². The van der Waals surface area contributed by atoms with Gasteiger partial charge in [-0.05, 0) is 37.1 Å². The van der Waals surface area contributed by atoms with E-state index in [4.69, 9.17) is 4.74 Å². The van der Waals surface area contributed by atoms with Crippen molar-refractivity contribution in [1.82, 2.24) is 0 Å². The van der Waals surface area contributed by atoms with Crippen LogP contribution in [-0.2, 0) is 4.74 Å². The number of aliphatic hydroxyl groups is 1. The predicted molar refractivity (Wildman–Crippen MR) is 62.6 cm³/mol. The van der Waals surface area contributed by atoms with Crippen molar-refractivity contribution < 1.29 is 9.84 Å². The van der Waals surface area contributed by atoms with Crippen molar-refractivity contribution in [2.75, 3.05) is 6.61 Å². The average Bonchev–Trinajstić information content (AvgIpc) is 2.26. The van der Waals surface area contributed by atoms with E-state index >= 15 is 0 Å². The van der Waals surface area contributed by atoms with E-state index in [1.165, 1.54) is 0 Å². The maximum atomic E-state index is 9.28. The largest absolute Gasteiger partial charge is 0.508 e. The van der Waals surface area contributed by atoms with Gasteiger partial charge in [-0.2, -0.15) is 0 Å². The van der Waals surface area contributed by atoms with Crippen LogP contribution in [-0.4, -0.2) is 11.7 Å². The molecule has 2 heteroatoms. The molecule has 15 heavy (non-hydrogen) atoms. The fraction of sp³-hybridized carbons (Fsp3) is 0.385. The Morgan fingerprint density at radius 3 is 3.13 bits per heavy atom. The molecule has 0 saturated heterocycles. The Balaban J connectivity index is 2.23. The van der Waals surface area contributed by atoms with E-state index in [0.29, 0.717) is 12.4 Å². The number of allylic oxidation sites excluding steroid dienone is 6. The molecule has 82 valence electrons. The fourth-order valence-electron chi connectivity index (χ4n) is 1.30. The Kier molecular flexibility index (Phi) is 5.38. The summed E-state index contributed by atoms with van der Waals surface area (Å²) in [5, 5.41) is 9.28. The first-order chi connectivity index (χ1) is 7.33. The van der Waals surface area contributed by atoms with Crippen molar-refractivity contribution in [2.45, 2.75) is 26.2 Å². The molecule has 0 fully saturated rings. The molecule has 1 rings (SSSR count). The Bertz CT molecular complexity index is 296. The van der Waals surface area contributed by atoms with Gasteiger partial charge in [0.2, 0.25) is 0 Å². The van der Waals surface area contributed by atoms with Gasteiger partial charge in [0.25, 0.3) is 0 Å². The van der Waals surface area contributed by atoms with Gasteiger partial charge in [-0.3, -0.25) is 0 Å². The number of ether oxygens (including phenoxy) is 1. The van der Waals surface area contributed by atoms with Gasteiger partial charge in [0.05, 0.1) is 5.76 Å². The quantitative estimate of drug-likeness (QED) is 0.549. The van der Waals surface area contributed by atoms with E-state index in [2.05, 4.69) is 6.08 Å². The lowest BCUT2D eigenvalue weighted by Crippen LogP contribution is -1.94. The standard InChI is InChI=1S/C13H18O2/c1-2-7-12(14)8-6-11-15-13-9-4-3-5-10-13/h3-4,6-9,14H,2,5,10-11H2,1H3/b8-6-,12-7+. The lowest BCUT2D eigenvalue weighted by Gasteiger charge is -2.09. The summed E-state index contributed by atoms with van der Waals surface area (Å²) in [7, 11) is 0. The van der Waals surface area contributed by atoms with Crippen LogP contribution in [0.4, 0.5) is 0 Å². The zero-order valence-corrected chi connectivity index (χ0v) is 9.15. The van der Waals surface area contributed by atoms with Crippen molar-refractivity contribution in [2.24, 2.45) is 0 Å². The topological polar surface area (TPSA) is 29.5 Å². The monoisotopic (exact) mass is 206 g/mol. The summed E-state index contributed by atoms with van der Waals surface area (Å²) in [6, 6.07) is 0. The zero-order valence-electron chi connectivity index (χ0n) is 9.15. The van der Waals surface area contributed by atoms with Crippen LogP contribution in [0.5, 0.6) is 0 Å². The van der Waals surface area contributed by atoms with Crippen LogP contribution in [0, 0.1) is 0 Å². The van der Waals surface area contributed by atoms with Gasteiger partial charge in [-0.15, -0.1) is 0 Å². The van der Waals surface area contributed by atoms with Crippen LogP contribution in [0.25, 0.3) is 0 Å². The zero-order chi connectivity index (χ0) is 10.9. The molecular weight excluding hydrogens is 188 g/mol. The summed E-state index contributed by atoms with van der Waals surface area (Å²) in [6.45, 7) is 2.50. The van der Waals surface area contributed by atoms with E-state index in [-0.39, 0.29) is 0 Å². The molecule has 1 aliphatic carbocycles. The summed E-state index contributed by atoms with van der Waals surface area (Å²) >= 11 is 0. The first-order valence-electron chi connectivity index (χ1n) is 5.37. The van der Waals surface area contributed by atoms with Gasteiger partial charge in [0, 0.05) is 6.42 Å². The van der Waals surface area contributed by atoms with Crippen LogP contribution in [0.15, 0.2) is 48.0 Å². The number of hydrogen-bond acceptors (Lipinski definition) is 2. The Morgan fingerprint density at radius 1 is 1.60 bits per heavy atom. The molecule has 0 spiro atoms.